The molecule has 2 rings (SSSR count). The molecule has 128 valence electrons. The Kier molecular flexibility index (Phi) is 8.00. The van der Waals surface area contributed by atoms with Crippen molar-refractivity contribution in [1.29, 1.82) is 0 Å². The molecule has 0 radical (unpaired) electrons. The molecule has 0 bridgehead atoms. The van der Waals surface area contributed by atoms with Gasteiger partial charge in [-0.15, -0.1) is 0 Å². The van der Waals surface area contributed by atoms with Crippen molar-refractivity contribution in [1.82, 2.24) is 0 Å². The summed E-state index contributed by atoms with van der Waals surface area (Å²) in [4.78, 5) is 20.6. The van der Waals surface area contributed by atoms with E-state index in [0.717, 1.165) is 6.07 Å². The summed E-state index contributed by atoms with van der Waals surface area (Å²) in [5, 5.41) is 8.97. The van der Waals surface area contributed by atoms with Gasteiger partial charge in [-0.25, -0.2) is 8.78 Å². The van der Waals surface area contributed by atoms with Crippen molar-refractivity contribution in [2.75, 3.05) is 6.61 Å². The van der Waals surface area contributed by atoms with Gasteiger partial charge in [0.15, 0.2) is 12.6 Å². The Labute approximate surface area is 153 Å². The number of hydrogen-bond acceptors (Lipinski definition) is 4. The number of benzene rings is 2. The van der Waals surface area contributed by atoms with E-state index in [2.05, 4.69) is 31.9 Å². The quantitative estimate of drug-likeness (QED) is 0.652. The van der Waals surface area contributed by atoms with Crippen LogP contribution in [0.1, 0.15) is 27.6 Å². The van der Waals surface area contributed by atoms with Gasteiger partial charge in [0.1, 0.15) is 23.1 Å². The van der Waals surface area contributed by atoms with Crippen molar-refractivity contribution in [3.05, 3.63) is 56.0 Å². The zero-order valence-corrected chi connectivity index (χ0v) is 15.5. The van der Waals surface area contributed by atoms with Crippen molar-refractivity contribution in [2.45, 2.75) is 6.92 Å². The van der Waals surface area contributed by atoms with E-state index in [1.54, 1.807) is 13.0 Å². The standard InChI is InChI=1S/C9H8BrFO2.C7H4BrFO2/c1-2-13-9-4-6(10)3-8(11)7(9)5-12;8-4-1-6(9)5(3-10)7(11)2-4/h3-5H,2H2,1H3;1-3,11H. The largest absolute Gasteiger partial charge is 0.507 e. The number of aldehydes is 2. The molecule has 0 heterocycles. The highest BCUT2D eigenvalue weighted by atomic mass is 79.9. The molecule has 1 N–H and O–H groups in total. The molecular weight excluding hydrogens is 454 g/mol. The van der Waals surface area contributed by atoms with Gasteiger partial charge in [-0.05, 0) is 31.2 Å². The SMILES string of the molecule is CCOc1cc(Br)cc(F)c1C=O.O=Cc1c(O)cc(Br)cc1F. The number of rotatable bonds is 4. The van der Waals surface area contributed by atoms with Crippen molar-refractivity contribution in [3.8, 4) is 11.5 Å². The first-order valence-electron chi connectivity index (χ1n) is 6.54. The number of phenolic OH excluding ortho intramolecular Hbond substituents is 1. The second-order valence-corrected chi connectivity index (χ2v) is 6.12. The Hall–Kier alpha value is -1.80. The van der Waals surface area contributed by atoms with E-state index in [1.165, 1.54) is 12.1 Å². The predicted octanol–water partition coefficient (Wildman–Crippen LogP) is 4.91. The summed E-state index contributed by atoms with van der Waals surface area (Å²) in [6, 6.07) is 5.17. The van der Waals surface area contributed by atoms with Gasteiger partial charge in [-0.3, -0.25) is 9.59 Å². The van der Waals surface area contributed by atoms with Gasteiger partial charge in [0.25, 0.3) is 0 Å². The van der Waals surface area contributed by atoms with Crippen LogP contribution in [-0.4, -0.2) is 24.3 Å². The summed E-state index contributed by atoms with van der Waals surface area (Å²) >= 11 is 6.07. The first-order chi connectivity index (χ1) is 11.3. The highest BCUT2D eigenvalue weighted by Gasteiger charge is 2.10. The van der Waals surface area contributed by atoms with E-state index >= 15 is 0 Å². The Morgan fingerprint density at radius 3 is 1.96 bits per heavy atom. The van der Waals surface area contributed by atoms with Crippen molar-refractivity contribution < 1.29 is 28.2 Å². The maximum absolute atomic E-state index is 13.1. The van der Waals surface area contributed by atoms with Crippen LogP contribution in [0.25, 0.3) is 0 Å². The molecular formula is C16H12Br2F2O4. The van der Waals surface area contributed by atoms with Crippen LogP contribution in [0.2, 0.25) is 0 Å². The summed E-state index contributed by atoms with van der Waals surface area (Å²) in [5.74, 6) is -1.39. The molecule has 0 aliphatic carbocycles. The molecule has 2 aromatic carbocycles. The van der Waals surface area contributed by atoms with Gasteiger partial charge in [0.2, 0.25) is 0 Å². The monoisotopic (exact) mass is 464 g/mol. The van der Waals surface area contributed by atoms with Crippen molar-refractivity contribution >= 4 is 44.4 Å². The van der Waals surface area contributed by atoms with Crippen LogP contribution in [-0.2, 0) is 0 Å². The van der Waals surface area contributed by atoms with Crippen molar-refractivity contribution in [3.63, 3.8) is 0 Å². The zero-order chi connectivity index (χ0) is 18.3. The van der Waals surface area contributed by atoms with E-state index in [0.29, 0.717) is 21.8 Å². The van der Waals surface area contributed by atoms with Crippen LogP contribution < -0.4 is 4.74 Å². The number of carbonyl (C=O) groups excluding carboxylic acids is 2. The zero-order valence-electron chi connectivity index (χ0n) is 12.4. The van der Waals surface area contributed by atoms with Gasteiger partial charge >= 0.3 is 0 Å². The number of carbonyl (C=O) groups is 2. The highest BCUT2D eigenvalue weighted by molar-refractivity contribution is 9.10. The predicted molar refractivity (Wildman–Crippen MR) is 91.8 cm³/mol. The molecule has 0 saturated heterocycles. The Morgan fingerprint density at radius 2 is 1.50 bits per heavy atom. The molecule has 0 fully saturated rings. The number of hydrogen-bond donors (Lipinski definition) is 1. The summed E-state index contributed by atoms with van der Waals surface area (Å²) in [7, 11) is 0. The number of phenols is 1. The molecule has 24 heavy (non-hydrogen) atoms. The fourth-order valence-electron chi connectivity index (χ4n) is 1.64. The Balaban J connectivity index is 0.000000243. The smallest absolute Gasteiger partial charge is 0.156 e. The summed E-state index contributed by atoms with van der Waals surface area (Å²) in [6.07, 6.45) is 0.726. The van der Waals surface area contributed by atoms with Crippen LogP contribution in [0.3, 0.4) is 0 Å². The topological polar surface area (TPSA) is 63.6 Å². The average Bonchev–Trinajstić information content (AvgIpc) is 2.47. The lowest BCUT2D eigenvalue weighted by Crippen LogP contribution is -1.98. The van der Waals surface area contributed by atoms with Crippen LogP contribution >= 0.6 is 31.9 Å². The minimum atomic E-state index is -0.730. The van der Waals surface area contributed by atoms with Crippen LogP contribution in [0.15, 0.2) is 33.2 Å². The third-order valence-electron chi connectivity index (χ3n) is 2.66. The summed E-state index contributed by atoms with van der Waals surface area (Å²) < 4.78 is 31.8. The number of ether oxygens (including phenoxy) is 1. The van der Waals surface area contributed by atoms with Gasteiger partial charge in [-0.1, -0.05) is 31.9 Å². The van der Waals surface area contributed by atoms with E-state index in [4.69, 9.17) is 9.84 Å². The lowest BCUT2D eigenvalue weighted by molar-refractivity contribution is 0.110. The van der Waals surface area contributed by atoms with E-state index in [1.807, 2.05) is 0 Å². The fraction of sp³-hybridized carbons (Fsp3) is 0.125. The van der Waals surface area contributed by atoms with E-state index in [-0.39, 0.29) is 28.9 Å². The number of halogens is 4. The van der Waals surface area contributed by atoms with Crippen molar-refractivity contribution in [2.24, 2.45) is 0 Å². The Morgan fingerprint density at radius 1 is 1.00 bits per heavy atom. The summed E-state index contributed by atoms with van der Waals surface area (Å²) in [5.41, 5.74) is -0.349. The molecule has 2 aromatic rings. The fourth-order valence-corrected chi connectivity index (χ4v) is 2.47. The maximum atomic E-state index is 13.1. The molecule has 4 nitrogen and oxygen atoms in total. The maximum Gasteiger partial charge on any atom is 0.156 e. The third kappa shape index (κ3) is 5.38. The summed E-state index contributed by atoms with van der Waals surface area (Å²) in [6.45, 7) is 2.17. The molecule has 0 aromatic heterocycles. The highest BCUT2D eigenvalue weighted by Crippen LogP contribution is 2.25. The van der Waals surface area contributed by atoms with Crippen LogP contribution in [0.4, 0.5) is 8.78 Å². The number of aromatic hydroxyl groups is 1. The van der Waals surface area contributed by atoms with E-state index < -0.39 is 11.6 Å². The molecule has 0 unspecified atom stereocenters. The van der Waals surface area contributed by atoms with Crippen LogP contribution in [0, 0.1) is 11.6 Å². The lowest BCUT2D eigenvalue weighted by atomic mass is 10.2. The molecule has 0 aliphatic rings. The molecule has 0 atom stereocenters. The lowest BCUT2D eigenvalue weighted by Gasteiger charge is -2.06. The molecule has 8 heteroatoms. The third-order valence-corrected chi connectivity index (χ3v) is 3.58. The molecule has 0 amide bonds. The molecule has 0 spiro atoms. The molecule has 0 saturated carbocycles. The minimum absolute atomic E-state index is 0.0370. The average molecular weight is 466 g/mol. The van der Waals surface area contributed by atoms with Gasteiger partial charge in [-0.2, -0.15) is 0 Å². The minimum Gasteiger partial charge on any atom is -0.507 e. The van der Waals surface area contributed by atoms with Gasteiger partial charge < -0.3 is 9.84 Å². The molecule has 0 aliphatic heterocycles. The Bertz CT molecular complexity index is 728. The van der Waals surface area contributed by atoms with Gasteiger partial charge in [0, 0.05) is 8.95 Å². The second kappa shape index (κ2) is 9.48. The second-order valence-electron chi connectivity index (χ2n) is 4.29. The van der Waals surface area contributed by atoms with Gasteiger partial charge in [0.05, 0.1) is 17.7 Å². The van der Waals surface area contributed by atoms with Crippen LogP contribution in [0.5, 0.6) is 11.5 Å². The normalized spacial score (nSPS) is 9.71. The first-order valence-corrected chi connectivity index (χ1v) is 8.12. The van der Waals surface area contributed by atoms with E-state index in [9.17, 15) is 18.4 Å². The first kappa shape index (κ1) is 20.2.